The summed E-state index contributed by atoms with van der Waals surface area (Å²) in [5, 5.41) is 0. The number of piperidine rings is 1. The van der Waals surface area contributed by atoms with Gasteiger partial charge in [0.25, 0.3) is 0 Å². The molecule has 1 saturated carbocycles. The number of halogens is 6. The van der Waals surface area contributed by atoms with Gasteiger partial charge >= 0.3 is 12.4 Å². The molecule has 15 heteroatoms. The summed E-state index contributed by atoms with van der Waals surface area (Å²) in [6.45, 7) is 1.08. The molecule has 2 amide bonds. The van der Waals surface area contributed by atoms with Crippen molar-refractivity contribution in [3.8, 4) is 0 Å². The molecule has 1 unspecified atom stereocenters. The second kappa shape index (κ2) is 24.1. The summed E-state index contributed by atoms with van der Waals surface area (Å²) < 4.78 is 82.1. The molecule has 0 bridgehead atoms. The van der Waals surface area contributed by atoms with Gasteiger partial charge in [0.15, 0.2) is 0 Å². The van der Waals surface area contributed by atoms with E-state index in [0.717, 1.165) is 58.7 Å². The summed E-state index contributed by atoms with van der Waals surface area (Å²) in [4.78, 5) is 41.8. The summed E-state index contributed by atoms with van der Waals surface area (Å²) in [5.74, 6) is 0.357. The first-order chi connectivity index (χ1) is 34.0. The van der Waals surface area contributed by atoms with Gasteiger partial charge in [-0.2, -0.15) is 26.3 Å². The van der Waals surface area contributed by atoms with Gasteiger partial charge in [-0.15, -0.1) is 0 Å². The minimum absolute atomic E-state index is 0.0322. The van der Waals surface area contributed by atoms with Crippen LogP contribution in [0.15, 0.2) is 109 Å². The summed E-state index contributed by atoms with van der Waals surface area (Å²) in [6.07, 6.45) is 4.13. The molecule has 374 valence electrons. The Morgan fingerprint density at radius 3 is 1.39 bits per heavy atom. The molecule has 1 aliphatic heterocycles. The fraction of sp³-hybridized carbons (Fsp3) is 0.393. The van der Waals surface area contributed by atoms with Gasteiger partial charge in [-0.3, -0.25) is 14.5 Å². The van der Waals surface area contributed by atoms with Crippen LogP contribution in [0.5, 0.6) is 0 Å². The van der Waals surface area contributed by atoms with Crippen molar-refractivity contribution in [1.82, 2.24) is 24.8 Å². The van der Waals surface area contributed by atoms with Crippen molar-refractivity contribution < 1.29 is 35.9 Å². The van der Waals surface area contributed by atoms with E-state index < -0.39 is 35.3 Å². The van der Waals surface area contributed by atoms with Gasteiger partial charge < -0.3 is 11.5 Å². The number of alkyl halides is 6. The Kier molecular flexibility index (Phi) is 17.8. The predicted octanol–water partition coefficient (Wildman–Crippen LogP) is 11.0. The van der Waals surface area contributed by atoms with Crippen molar-refractivity contribution >= 4 is 11.8 Å². The number of amides is 2. The number of carbonyl (C=O) groups is 2. The Morgan fingerprint density at radius 2 is 0.972 bits per heavy atom. The van der Waals surface area contributed by atoms with Crippen molar-refractivity contribution in [3.63, 3.8) is 0 Å². The Balaban J connectivity index is 0.000000209. The molecule has 2 fully saturated rings. The molecule has 71 heavy (non-hydrogen) atoms. The number of carbonyl (C=O) groups excluding carboxylic acids is 2. The highest BCUT2D eigenvalue weighted by molar-refractivity contribution is 5.77. The van der Waals surface area contributed by atoms with E-state index in [1.54, 1.807) is 42.5 Å². The van der Waals surface area contributed by atoms with Gasteiger partial charge in [-0.05, 0) is 115 Å². The van der Waals surface area contributed by atoms with E-state index in [1.165, 1.54) is 56.1 Å². The number of primary amides is 2. The number of nitrogens with zero attached hydrogens (tertiary/aromatic N) is 5. The molecular weight excluding hydrogens is 917 g/mol. The lowest BCUT2D eigenvalue weighted by Gasteiger charge is -2.32. The molecule has 3 heterocycles. The molecule has 1 atom stereocenters. The largest absolute Gasteiger partial charge is 0.419 e. The van der Waals surface area contributed by atoms with E-state index in [9.17, 15) is 35.9 Å². The van der Waals surface area contributed by atoms with Crippen molar-refractivity contribution in [3.05, 3.63) is 188 Å². The predicted molar refractivity (Wildman–Crippen MR) is 261 cm³/mol. The van der Waals surface area contributed by atoms with Gasteiger partial charge in [0, 0.05) is 31.3 Å². The summed E-state index contributed by atoms with van der Waals surface area (Å²) in [7, 11) is 2.14. The molecule has 0 radical (unpaired) electrons. The number of hydrogen-bond donors (Lipinski definition) is 2. The average Bonchev–Trinajstić information content (AvgIpc) is 3.34. The average molecular weight is 978 g/mol. The Bertz CT molecular complexity index is 2720. The molecule has 2 aliphatic rings. The fourth-order valence-electron chi connectivity index (χ4n) is 9.83. The van der Waals surface area contributed by atoms with E-state index >= 15 is 0 Å². The van der Waals surface area contributed by atoms with E-state index in [2.05, 4.69) is 56.1 Å². The van der Waals surface area contributed by atoms with Crippen LogP contribution in [0, 0.1) is 0 Å². The van der Waals surface area contributed by atoms with Crippen LogP contribution >= 0.6 is 0 Å². The fourth-order valence-corrected chi connectivity index (χ4v) is 9.83. The van der Waals surface area contributed by atoms with Crippen LogP contribution in [0.3, 0.4) is 0 Å². The lowest BCUT2D eigenvalue weighted by atomic mass is 9.84. The van der Waals surface area contributed by atoms with Gasteiger partial charge in [-0.1, -0.05) is 123 Å². The van der Waals surface area contributed by atoms with Gasteiger partial charge in [-0.25, -0.2) is 19.9 Å². The molecule has 2 aromatic heterocycles. The maximum absolute atomic E-state index is 13.7. The first kappa shape index (κ1) is 52.3. The van der Waals surface area contributed by atoms with Crippen LogP contribution in [-0.2, 0) is 73.3 Å². The van der Waals surface area contributed by atoms with Crippen LogP contribution in [0.2, 0.25) is 0 Å². The zero-order valence-electron chi connectivity index (χ0n) is 40.0. The second-order valence-electron chi connectivity index (χ2n) is 18.8. The lowest BCUT2D eigenvalue weighted by molar-refractivity contribution is -0.139. The maximum Gasteiger partial charge on any atom is 0.419 e. The summed E-state index contributed by atoms with van der Waals surface area (Å²) in [6, 6.07) is 31.3. The maximum atomic E-state index is 13.7. The molecule has 6 aromatic rings. The van der Waals surface area contributed by atoms with Crippen LogP contribution in [-0.4, -0.2) is 50.2 Å². The number of nitrogens with two attached hydrogens (primary N) is 2. The van der Waals surface area contributed by atoms with Crippen molar-refractivity contribution in [2.24, 2.45) is 11.5 Å². The monoisotopic (exact) mass is 977 g/mol. The molecular formula is C56H61F6N7O2. The quantitative estimate of drug-likeness (QED) is 0.0920. The standard InChI is InChI=1S/C28H31F3N4O.C28H30F3N3O/c1-35-15-5-4-8-25(35)21-11-9-19(10-12-21)16-27-33-18-23(28(29,30)31)24(34-27)14-13-20-6-2-3-7-22(20)17-26(32)36;29-28(30,31)24-18-33-27(16-19-10-12-22(13-11-19)20-6-2-1-3-7-20)34-25(24)15-14-21-8-4-5-9-23(21)17-26(32)35/h2-3,6-7,9-12,18,25H,4-5,8,13-17H2,1H3,(H2,32,36);4-5,8-13,18,20H,1-3,6-7,14-17H2,(H2,32,35). The van der Waals surface area contributed by atoms with Gasteiger partial charge in [0.2, 0.25) is 11.8 Å². The van der Waals surface area contributed by atoms with E-state index in [4.69, 9.17) is 11.5 Å². The molecule has 4 aromatic carbocycles. The van der Waals surface area contributed by atoms with Crippen LogP contribution in [0.1, 0.15) is 142 Å². The summed E-state index contributed by atoms with van der Waals surface area (Å²) >= 11 is 0. The number of likely N-dealkylation sites (tertiary alicyclic amines) is 1. The number of aromatic nitrogens is 4. The molecule has 4 N–H and O–H groups in total. The number of rotatable bonds is 16. The number of hydrogen-bond acceptors (Lipinski definition) is 7. The van der Waals surface area contributed by atoms with Gasteiger partial charge in [0.1, 0.15) is 11.6 Å². The van der Waals surface area contributed by atoms with E-state index in [0.29, 0.717) is 49.3 Å². The molecule has 1 aliphatic carbocycles. The van der Waals surface area contributed by atoms with Crippen LogP contribution in [0.25, 0.3) is 0 Å². The topological polar surface area (TPSA) is 141 Å². The minimum Gasteiger partial charge on any atom is -0.369 e. The molecule has 0 spiro atoms. The SMILES string of the molecule is CN1CCCCC1c1ccc(Cc2ncc(C(F)(F)F)c(CCc3ccccc3CC(N)=O)n2)cc1.NC(=O)Cc1ccccc1CCc1nc(Cc2ccc(C3CCCCC3)cc2)ncc1C(F)(F)F. The molecule has 8 rings (SSSR count). The first-order valence-electron chi connectivity index (χ1n) is 24.4. The highest BCUT2D eigenvalue weighted by atomic mass is 19.4. The smallest absolute Gasteiger partial charge is 0.369 e. The summed E-state index contributed by atoms with van der Waals surface area (Å²) in [5.41, 5.74) is 16.5. The second-order valence-corrected chi connectivity index (χ2v) is 18.8. The van der Waals surface area contributed by atoms with Crippen LogP contribution in [0.4, 0.5) is 26.3 Å². The Hall–Kier alpha value is -6.48. The molecule has 1 saturated heterocycles. The van der Waals surface area contributed by atoms with Crippen molar-refractivity contribution in [1.29, 1.82) is 0 Å². The zero-order valence-corrected chi connectivity index (χ0v) is 40.0. The van der Waals surface area contributed by atoms with E-state index in [1.807, 2.05) is 30.3 Å². The minimum atomic E-state index is -4.55. The number of benzene rings is 4. The number of aryl methyl sites for hydroxylation is 4. The Labute approximate surface area is 411 Å². The highest BCUT2D eigenvalue weighted by Crippen LogP contribution is 2.35. The highest BCUT2D eigenvalue weighted by Gasteiger charge is 2.36. The third-order valence-electron chi connectivity index (χ3n) is 13.6. The van der Waals surface area contributed by atoms with Gasteiger partial charge in [0.05, 0.1) is 35.4 Å². The first-order valence-corrected chi connectivity index (χ1v) is 24.4. The third kappa shape index (κ3) is 15.0. The molecule has 9 nitrogen and oxygen atoms in total. The van der Waals surface area contributed by atoms with Crippen molar-refractivity contribution in [2.75, 3.05) is 13.6 Å². The van der Waals surface area contributed by atoms with E-state index in [-0.39, 0.29) is 37.1 Å². The zero-order chi connectivity index (χ0) is 50.5. The van der Waals surface area contributed by atoms with Crippen molar-refractivity contribution in [2.45, 2.75) is 127 Å². The Morgan fingerprint density at radius 1 is 0.549 bits per heavy atom. The van der Waals surface area contributed by atoms with Crippen LogP contribution < -0.4 is 11.5 Å². The normalized spacial score (nSPS) is 15.7. The third-order valence-corrected chi connectivity index (χ3v) is 13.6. The lowest BCUT2D eigenvalue weighted by Crippen LogP contribution is -2.29.